The quantitative estimate of drug-likeness (QED) is 0.208. The molecule has 10 heteroatoms. The topological polar surface area (TPSA) is 105 Å². The second-order valence-corrected chi connectivity index (χ2v) is 15.5. The number of carbonyl (C=O) groups is 3. The summed E-state index contributed by atoms with van der Waals surface area (Å²) in [7, 11) is -0.909. The van der Waals surface area contributed by atoms with Gasteiger partial charge in [-0.25, -0.2) is 0 Å². The molecule has 2 N–H and O–H groups in total. The van der Waals surface area contributed by atoms with Gasteiger partial charge in [0.1, 0.15) is 17.9 Å². The predicted molar refractivity (Wildman–Crippen MR) is 136 cm³/mol. The minimum absolute atomic E-state index is 0.00731. The van der Waals surface area contributed by atoms with Gasteiger partial charge in [0.15, 0.2) is 8.32 Å². The van der Waals surface area contributed by atoms with Crippen molar-refractivity contribution in [3.63, 3.8) is 0 Å². The number of esters is 1. The first kappa shape index (κ1) is 27.3. The fourth-order valence-corrected chi connectivity index (χ4v) is 4.48. The lowest BCUT2D eigenvalue weighted by Crippen LogP contribution is -2.48. The Kier molecular flexibility index (Phi) is 9.11. The maximum absolute atomic E-state index is 13.4. The molecule has 0 aromatic heterocycles. The lowest BCUT2D eigenvalue weighted by atomic mass is 10.00. The summed E-state index contributed by atoms with van der Waals surface area (Å²) in [4.78, 5) is 39.0. The first-order chi connectivity index (χ1) is 15.3. The molecule has 1 aromatic carbocycles. The van der Waals surface area contributed by atoms with Crippen molar-refractivity contribution in [2.75, 3.05) is 26.8 Å². The molecule has 1 aliphatic heterocycles. The minimum Gasteiger partial charge on any atom is -0.511 e. The number of nitrogens with zero attached hydrogens (tertiary/aromatic N) is 1. The number of nitrogens with one attached hydrogen (secondary N) is 1. The Bertz CT molecular complexity index is 924. The molecular weight excluding hydrogens is 555 g/mol. The Labute approximate surface area is 210 Å². The molecule has 8 nitrogen and oxygen atoms in total. The van der Waals surface area contributed by atoms with Crippen LogP contribution in [-0.2, 0) is 23.5 Å². The van der Waals surface area contributed by atoms with Crippen molar-refractivity contribution < 1.29 is 28.7 Å². The van der Waals surface area contributed by atoms with Crippen LogP contribution in [0.25, 0.3) is 0 Å². The molecule has 1 aromatic rings. The van der Waals surface area contributed by atoms with Gasteiger partial charge < -0.3 is 24.5 Å². The predicted octanol–water partition coefficient (Wildman–Crippen LogP) is 3.69. The molecule has 1 unspecified atom stereocenters. The maximum Gasteiger partial charge on any atom is 0.325 e. The van der Waals surface area contributed by atoms with Crippen LogP contribution in [0.4, 0.5) is 0 Å². The van der Waals surface area contributed by atoms with Crippen molar-refractivity contribution >= 4 is 48.7 Å². The highest BCUT2D eigenvalue weighted by Crippen LogP contribution is 2.38. The molecule has 0 saturated carbocycles. The molecule has 1 atom stereocenters. The van der Waals surface area contributed by atoms with E-state index in [0.29, 0.717) is 0 Å². The van der Waals surface area contributed by atoms with Gasteiger partial charge in [0.05, 0.1) is 19.8 Å². The summed E-state index contributed by atoms with van der Waals surface area (Å²) in [6.45, 7) is 10.9. The summed E-state index contributed by atoms with van der Waals surface area (Å²) in [5.74, 6) is -2.34. The van der Waals surface area contributed by atoms with Crippen LogP contribution in [0.5, 0.6) is 0 Å². The molecule has 2 rings (SSSR count). The average molecular weight is 589 g/mol. The first-order valence-corrected chi connectivity index (χ1v) is 14.7. The van der Waals surface area contributed by atoms with Gasteiger partial charge in [-0.3, -0.25) is 14.4 Å². The lowest BCUT2D eigenvalue weighted by molar-refractivity contribution is -0.141. The highest BCUT2D eigenvalue weighted by molar-refractivity contribution is 14.1. The Balaban J connectivity index is 2.34. The highest BCUT2D eigenvalue weighted by Gasteiger charge is 2.40. The first-order valence-electron chi connectivity index (χ1n) is 10.8. The summed E-state index contributed by atoms with van der Waals surface area (Å²) < 4.78 is 12.0. The van der Waals surface area contributed by atoms with Crippen molar-refractivity contribution in [2.45, 2.75) is 51.4 Å². The molecule has 1 aliphatic rings. The number of aliphatic hydroxyl groups excluding tert-OH is 1. The molecule has 1 heterocycles. The van der Waals surface area contributed by atoms with Crippen LogP contribution in [0.3, 0.4) is 0 Å². The number of rotatable bonds is 8. The Morgan fingerprint density at radius 1 is 1.24 bits per heavy atom. The molecule has 0 aliphatic carbocycles. The SMILES string of the molecule is COC(=O)CNC(=O)C1=C(O)CCN(C(CO[Si](C)(C)C(C)(C)C)c2ccc(I)cc2)C1=O. The van der Waals surface area contributed by atoms with E-state index in [0.717, 1.165) is 9.13 Å². The Hall–Kier alpha value is -1.92. The van der Waals surface area contributed by atoms with Crippen molar-refractivity contribution in [3.05, 3.63) is 44.7 Å². The number of methoxy groups -OCH3 is 1. The van der Waals surface area contributed by atoms with E-state index < -0.39 is 38.7 Å². The van der Waals surface area contributed by atoms with Crippen LogP contribution < -0.4 is 5.32 Å². The molecule has 2 amide bonds. The van der Waals surface area contributed by atoms with Crippen LogP contribution in [0.1, 0.15) is 38.8 Å². The molecule has 33 heavy (non-hydrogen) atoms. The van der Waals surface area contributed by atoms with Crippen molar-refractivity contribution in [2.24, 2.45) is 0 Å². The number of halogens is 1. The van der Waals surface area contributed by atoms with Crippen molar-refractivity contribution in [1.29, 1.82) is 0 Å². The summed E-state index contributed by atoms with van der Waals surface area (Å²) >= 11 is 2.22. The monoisotopic (exact) mass is 588 g/mol. The molecule has 0 saturated heterocycles. The molecule has 0 radical (unpaired) electrons. The summed E-state index contributed by atoms with van der Waals surface area (Å²) in [6, 6.07) is 7.38. The van der Waals surface area contributed by atoms with Crippen LogP contribution in [0.2, 0.25) is 18.1 Å². The highest BCUT2D eigenvalue weighted by atomic mass is 127. The van der Waals surface area contributed by atoms with Crippen LogP contribution in [0.15, 0.2) is 35.6 Å². The summed E-state index contributed by atoms with van der Waals surface area (Å²) in [6.07, 6.45) is 0.133. The van der Waals surface area contributed by atoms with E-state index in [-0.39, 0.29) is 35.9 Å². The maximum atomic E-state index is 13.4. The van der Waals surface area contributed by atoms with Gasteiger partial charge in [-0.1, -0.05) is 32.9 Å². The Morgan fingerprint density at radius 3 is 2.39 bits per heavy atom. The van der Waals surface area contributed by atoms with Gasteiger partial charge in [-0.2, -0.15) is 0 Å². The molecule has 0 bridgehead atoms. The normalized spacial score (nSPS) is 16.0. The molecular formula is C23H33IN2O6Si. The zero-order chi connectivity index (χ0) is 25.0. The number of hydrogen-bond acceptors (Lipinski definition) is 6. The number of aliphatic hydroxyl groups is 1. The smallest absolute Gasteiger partial charge is 0.325 e. The van der Waals surface area contributed by atoms with Crippen molar-refractivity contribution in [3.8, 4) is 0 Å². The van der Waals surface area contributed by atoms with E-state index in [1.54, 1.807) is 4.90 Å². The van der Waals surface area contributed by atoms with Crippen LogP contribution in [0, 0.1) is 3.57 Å². The van der Waals surface area contributed by atoms with Gasteiger partial charge in [0, 0.05) is 16.5 Å². The van der Waals surface area contributed by atoms with E-state index in [4.69, 9.17) is 4.43 Å². The summed E-state index contributed by atoms with van der Waals surface area (Å²) in [5.41, 5.74) is 0.533. The summed E-state index contributed by atoms with van der Waals surface area (Å²) in [5, 5.41) is 12.7. The number of ether oxygens (including phenoxy) is 1. The van der Waals surface area contributed by atoms with E-state index in [9.17, 15) is 19.5 Å². The van der Waals surface area contributed by atoms with Gasteiger partial charge >= 0.3 is 5.97 Å². The second kappa shape index (κ2) is 11.0. The largest absolute Gasteiger partial charge is 0.511 e. The van der Waals surface area contributed by atoms with Crippen LogP contribution >= 0.6 is 22.6 Å². The molecule has 182 valence electrons. The third-order valence-corrected chi connectivity index (χ3v) is 11.5. The van der Waals surface area contributed by atoms with Gasteiger partial charge in [-0.15, -0.1) is 0 Å². The third kappa shape index (κ3) is 6.79. The number of carbonyl (C=O) groups excluding carboxylic acids is 3. The average Bonchev–Trinajstić information content (AvgIpc) is 2.73. The number of amides is 2. The van der Waals surface area contributed by atoms with Crippen molar-refractivity contribution in [1.82, 2.24) is 10.2 Å². The standard InChI is InChI=1S/C23H33IN2O6Si/c1-23(2,3)33(5,6)32-14-17(15-7-9-16(24)10-8-15)26-12-11-18(27)20(22(26)30)21(29)25-13-19(28)31-4/h7-10,17,27H,11-14H2,1-6H3,(H,25,29). The van der Waals surface area contributed by atoms with Gasteiger partial charge in [0.2, 0.25) is 0 Å². The van der Waals surface area contributed by atoms with E-state index in [2.05, 4.69) is 66.5 Å². The molecule has 0 fully saturated rings. The fourth-order valence-electron chi connectivity index (χ4n) is 3.11. The van der Waals surface area contributed by atoms with Gasteiger partial charge in [-0.05, 0) is 58.4 Å². The number of hydrogen-bond donors (Lipinski definition) is 2. The minimum atomic E-state index is -2.11. The van der Waals surface area contributed by atoms with Crippen LogP contribution in [-0.4, -0.2) is 62.9 Å². The second-order valence-electron chi connectivity index (χ2n) is 9.47. The zero-order valence-corrected chi connectivity index (χ0v) is 23.2. The Morgan fingerprint density at radius 2 is 1.85 bits per heavy atom. The lowest BCUT2D eigenvalue weighted by Gasteiger charge is -2.40. The number of benzene rings is 1. The fraction of sp³-hybridized carbons (Fsp3) is 0.522. The zero-order valence-electron chi connectivity index (χ0n) is 20.0. The van der Waals surface area contributed by atoms with E-state index in [1.807, 2.05) is 24.3 Å². The third-order valence-electron chi connectivity index (χ3n) is 6.24. The molecule has 0 spiro atoms. The van der Waals surface area contributed by atoms with Gasteiger partial charge in [0.25, 0.3) is 11.8 Å². The van der Waals surface area contributed by atoms with E-state index >= 15 is 0 Å². The van der Waals surface area contributed by atoms with E-state index in [1.165, 1.54) is 7.11 Å².